The van der Waals surface area contributed by atoms with Gasteiger partial charge in [0.05, 0.1) is 17.1 Å². The van der Waals surface area contributed by atoms with Crippen LogP contribution in [0.4, 0.5) is 21.6 Å². The molecule has 0 bridgehead atoms. The number of hydrogen-bond acceptors (Lipinski definition) is 3. The number of nitrogens with two attached hydrogens (primary N) is 1. The maximum atomic E-state index is 13.5. The van der Waals surface area contributed by atoms with Crippen molar-refractivity contribution < 1.29 is 4.39 Å². The van der Waals surface area contributed by atoms with Gasteiger partial charge in [-0.1, -0.05) is 11.6 Å². The first-order valence-electron chi connectivity index (χ1n) is 5.01. The van der Waals surface area contributed by atoms with Gasteiger partial charge in [0.2, 0.25) is 0 Å². The molecule has 3 N–H and O–H groups in total. The molecule has 0 amide bonds. The number of aryl methyl sites for hydroxylation is 1. The molecule has 1 aromatic heterocycles. The summed E-state index contributed by atoms with van der Waals surface area (Å²) in [5.74, 6) is 0.142. The molecule has 1 heterocycles. The predicted molar refractivity (Wildman–Crippen MR) is 68.1 cm³/mol. The van der Waals surface area contributed by atoms with Gasteiger partial charge in [0, 0.05) is 5.02 Å². The van der Waals surface area contributed by atoms with E-state index in [9.17, 15) is 4.39 Å². The Morgan fingerprint density at radius 1 is 1.29 bits per heavy atom. The number of anilines is 3. The number of nitrogens with one attached hydrogen (secondary N) is 1. The number of rotatable bonds is 2. The Labute approximate surface area is 103 Å². The quantitative estimate of drug-likeness (QED) is 0.859. The molecule has 88 valence electrons. The lowest BCUT2D eigenvalue weighted by atomic mass is 10.3. The van der Waals surface area contributed by atoms with E-state index in [4.69, 9.17) is 17.3 Å². The Morgan fingerprint density at radius 2 is 2.06 bits per heavy atom. The van der Waals surface area contributed by atoms with Gasteiger partial charge in [-0.15, -0.1) is 0 Å². The zero-order chi connectivity index (χ0) is 12.4. The first kappa shape index (κ1) is 11.7. The maximum Gasteiger partial charge on any atom is 0.146 e. The Hall–Kier alpha value is -1.81. The number of nitrogens with zero attached hydrogens (tertiary/aromatic N) is 1. The third-order valence-corrected chi connectivity index (χ3v) is 2.55. The second kappa shape index (κ2) is 4.59. The van der Waals surface area contributed by atoms with Gasteiger partial charge < -0.3 is 11.1 Å². The van der Waals surface area contributed by atoms with Gasteiger partial charge >= 0.3 is 0 Å². The van der Waals surface area contributed by atoms with E-state index in [1.54, 1.807) is 19.1 Å². The van der Waals surface area contributed by atoms with Crippen molar-refractivity contribution in [2.45, 2.75) is 6.92 Å². The molecule has 2 rings (SSSR count). The maximum absolute atomic E-state index is 13.5. The van der Waals surface area contributed by atoms with Gasteiger partial charge in [-0.3, -0.25) is 0 Å². The summed E-state index contributed by atoms with van der Waals surface area (Å²) >= 11 is 5.79. The lowest BCUT2D eigenvalue weighted by Crippen LogP contribution is -1.99. The van der Waals surface area contributed by atoms with E-state index >= 15 is 0 Å². The molecule has 0 aliphatic heterocycles. The van der Waals surface area contributed by atoms with Crippen LogP contribution in [0.2, 0.25) is 5.02 Å². The predicted octanol–water partition coefficient (Wildman–Crippen LogP) is 3.51. The van der Waals surface area contributed by atoms with Gasteiger partial charge in [-0.2, -0.15) is 0 Å². The summed E-state index contributed by atoms with van der Waals surface area (Å²) in [6, 6.07) is 7.69. The molecule has 0 spiro atoms. The van der Waals surface area contributed by atoms with E-state index in [2.05, 4.69) is 10.3 Å². The van der Waals surface area contributed by atoms with Crippen LogP contribution in [-0.2, 0) is 0 Å². The van der Waals surface area contributed by atoms with Crippen LogP contribution in [0.15, 0.2) is 30.3 Å². The molecule has 0 aliphatic rings. The summed E-state index contributed by atoms with van der Waals surface area (Å²) in [5.41, 5.74) is 7.23. The molecule has 0 saturated carbocycles. The smallest absolute Gasteiger partial charge is 0.146 e. The van der Waals surface area contributed by atoms with Crippen LogP contribution in [0.25, 0.3) is 0 Å². The molecule has 0 atom stereocenters. The van der Waals surface area contributed by atoms with Crippen molar-refractivity contribution >= 4 is 28.8 Å². The van der Waals surface area contributed by atoms with Gasteiger partial charge in [-0.05, 0) is 37.3 Å². The highest BCUT2D eigenvalue weighted by Gasteiger charge is 2.05. The number of pyridine rings is 1. The number of halogens is 2. The molecule has 0 radical (unpaired) electrons. The van der Waals surface area contributed by atoms with E-state index in [0.717, 1.165) is 0 Å². The highest BCUT2D eigenvalue weighted by Crippen LogP contribution is 2.23. The molecular formula is C12H11ClFN3. The van der Waals surface area contributed by atoms with Crippen molar-refractivity contribution in [3.8, 4) is 0 Å². The van der Waals surface area contributed by atoms with Gasteiger partial charge in [0.15, 0.2) is 0 Å². The minimum absolute atomic E-state index is 0.286. The topological polar surface area (TPSA) is 50.9 Å². The van der Waals surface area contributed by atoms with Crippen LogP contribution in [0.5, 0.6) is 0 Å². The van der Waals surface area contributed by atoms with Crippen LogP contribution in [0.3, 0.4) is 0 Å². The average molecular weight is 252 g/mol. The minimum Gasteiger partial charge on any atom is -0.397 e. The summed E-state index contributed by atoms with van der Waals surface area (Å²) in [4.78, 5) is 4.19. The normalized spacial score (nSPS) is 10.3. The molecule has 0 unspecified atom stereocenters. The van der Waals surface area contributed by atoms with Crippen molar-refractivity contribution in [3.05, 3.63) is 46.9 Å². The highest BCUT2D eigenvalue weighted by molar-refractivity contribution is 6.30. The van der Waals surface area contributed by atoms with Crippen LogP contribution in [0.1, 0.15) is 5.69 Å². The number of aromatic nitrogens is 1. The fraction of sp³-hybridized carbons (Fsp3) is 0.0833. The van der Waals surface area contributed by atoms with Crippen molar-refractivity contribution in [3.63, 3.8) is 0 Å². The Balaban J connectivity index is 2.31. The van der Waals surface area contributed by atoms with E-state index in [1.165, 1.54) is 18.2 Å². The molecule has 0 fully saturated rings. The van der Waals surface area contributed by atoms with Crippen molar-refractivity contribution in [2.24, 2.45) is 0 Å². The van der Waals surface area contributed by atoms with E-state index < -0.39 is 0 Å². The van der Waals surface area contributed by atoms with Crippen molar-refractivity contribution in [1.29, 1.82) is 0 Å². The van der Waals surface area contributed by atoms with Crippen LogP contribution < -0.4 is 11.1 Å². The zero-order valence-electron chi connectivity index (χ0n) is 9.17. The van der Waals surface area contributed by atoms with E-state index in [1.807, 2.05) is 0 Å². The lowest BCUT2D eigenvalue weighted by molar-refractivity contribution is 0.632. The lowest BCUT2D eigenvalue weighted by Gasteiger charge is -2.08. The van der Waals surface area contributed by atoms with Crippen LogP contribution in [-0.4, -0.2) is 4.98 Å². The monoisotopic (exact) mass is 251 g/mol. The SMILES string of the molecule is Cc1nc(Nc2cc(Cl)ccc2F)ccc1N. The van der Waals surface area contributed by atoms with E-state index in [-0.39, 0.29) is 11.5 Å². The minimum atomic E-state index is -0.384. The third kappa shape index (κ3) is 2.65. The average Bonchev–Trinajstić information content (AvgIpc) is 2.29. The number of nitrogen functional groups attached to an aromatic ring is 1. The summed E-state index contributed by atoms with van der Waals surface area (Å²) < 4.78 is 13.5. The Bertz CT molecular complexity index is 557. The van der Waals surface area contributed by atoms with Crippen molar-refractivity contribution in [1.82, 2.24) is 4.98 Å². The summed E-state index contributed by atoms with van der Waals surface area (Å²) in [7, 11) is 0. The summed E-state index contributed by atoms with van der Waals surface area (Å²) in [5, 5.41) is 3.31. The summed E-state index contributed by atoms with van der Waals surface area (Å²) in [6.07, 6.45) is 0. The molecule has 3 nitrogen and oxygen atoms in total. The molecule has 5 heteroatoms. The Morgan fingerprint density at radius 3 is 2.76 bits per heavy atom. The molecule has 17 heavy (non-hydrogen) atoms. The van der Waals surface area contributed by atoms with Gasteiger partial charge in [0.1, 0.15) is 11.6 Å². The number of hydrogen-bond donors (Lipinski definition) is 2. The van der Waals surface area contributed by atoms with Gasteiger partial charge in [-0.25, -0.2) is 9.37 Å². The molecule has 0 saturated heterocycles. The largest absolute Gasteiger partial charge is 0.397 e. The zero-order valence-corrected chi connectivity index (χ0v) is 9.92. The first-order valence-corrected chi connectivity index (χ1v) is 5.39. The molecular weight excluding hydrogens is 241 g/mol. The molecule has 0 aliphatic carbocycles. The second-order valence-corrected chi connectivity index (χ2v) is 4.06. The summed E-state index contributed by atoms with van der Waals surface area (Å²) in [6.45, 7) is 1.79. The first-order chi connectivity index (χ1) is 8.06. The standard InChI is InChI=1S/C12H11ClFN3/c1-7-10(15)4-5-12(16-7)17-11-6-8(13)2-3-9(11)14/h2-6H,15H2,1H3,(H,16,17). The molecule has 1 aromatic carbocycles. The van der Waals surface area contributed by atoms with Gasteiger partial charge in [0.25, 0.3) is 0 Å². The second-order valence-electron chi connectivity index (χ2n) is 3.62. The van der Waals surface area contributed by atoms with Crippen LogP contribution >= 0.6 is 11.6 Å². The Kier molecular flexibility index (Phi) is 3.15. The fourth-order valence-electron chi connectivity index (χ4n) is 1.37. The van der Waals surface area contributed by atoms with E-state index in [0.29, 0.717) is 22.2 Å². The highest BCUT2D eigenvalue weighted by atomic mass is 35.5. The number of benzene rings is 1. The van der Waals surface area contributed by atoms with Crippen molar-refractivity contribution in [2.75, 3.05) is 11.1 Å². The fourth-order valence-corrected chi connectivity index (χ4v) is 1.54. The molecule has 2 aromatic rings. The van der Waals surface area contributed by atoms with Crippen LogP contribution in [0, 0.1) is 12.7 Å². The third-order valence-electron chi connectivity index (χ3n) is 2.32.